The first-order valence-corrected chi connectivity index (χ1v) is 8.71. The van der Waals surface area contributed by atoms with Gasteiger partial charge in [-0.15, -0.1) is 0 Å². The molecular weight excluding hydrogens is 367 g/mol. The number of carbonyl (C=O) groups is 1. The average molecular weight is 379 g/mol. The molecule has 0 atom stereocenters. The second-order valence-corrected chi connectivity index (χ2v) is 6.53. The maximum Gasteiger partial charge on any atom is 0.250 e. The SMILES string of the molecule is O=C(CSc1nc2ccccc2[nH]1)N/N=C/c1cccc(Cl)c1Cl. The predicted octanol–water partition coefficient (Wildman–Crippen LogP) is 4.11. The lowest BCUT2D eigenvalue weighted by atomic mass is 10.2. The number of nitrogens with one attached hydrogen (secondary N) is 2. The molecule has 0 saturated heterocycles. The minimum atomic E-state index is -0.241. The monoisotopic (exact) mass is 378 g/mol. The molecule has 0 aliphatic rings. The maximum absolute atomic E-state index is 11.8. The number of H-pyrrole nitrogens is 1. The number of para-hydroxylation sites is 2. The molecule has 1 amide bonds. The van der Waals surface area contributed by atoms with Gasteiger partial charge in [-0.1, -0.05) is 59.2 Å². The molecule has 122 valence electrons. The molecule has 0 bridgehead atoms. The number of aromatic nitrogens is 2. The highest BCUT2D eigenvalue weighted by atomic mass is 35.5. The second kappa shape index (κ2) is 7.70. The summed E-state index contributed by atoms with van der Waals surface area (Å²) in [6, 6.07) is 12.9. The molecule has 24 heavy (non-hydrogen) atoms. The lowest BCUT2D eigenvalue weighted by Crippen LogP contribution is -2.19. The third kappa shape index (κ3) is 4.08. The van der Waals surface area contributed by atoms with E-state index in [1.807, 2.05) is 24.3 Å². The van der Waals surface area contributed by atoms with Gasteiger partial charge < -0.3 is 4.98 Å². The van der Waals surface area contributed by atoms with E-state index in [4.69, 9.17) is 23.2 Å². The van der Waals surface area contributed by atoms with E-state index >= 15 is 0 Å². The number of fused-ring (bicyclic) bond motifs is 1. The summed E-state index contributed by atoms with van der Waals surface area (Å²) < 4.78 is 0. The van der Waals surface area contributed by atoms with Gasteiger partial charge in [0, 0.05) is 5.56 Å². The Hall–Kier alpha value is -2.02. The first kappa shape index (κ1) is 16.8. The van der Waals surface area contributed by atoms with Crippen molar-refractivity contribution >= 4 is 58.1 Å². The van der Waals surface area contributed by atoms with Gasteiger partial charge >= 0.3 is 0 Å². The summed E-state index contributed by atoms with van der Waals surface area (Å²) in [7, 11) is 0. The summed E-state index contributed by atoms with van der Waals surface area (Å²) in [5, 5.41) is 5.41. The van der Waals surface area contributed by atoms with Crippen LogP contribution in [0.2, 0.25) is 10.0 Å². The molecule has 0 aliphatic carbocycles. The number of aromatic amines is 1. The predicted molar refractivity (Wildman–Crippen MR) is 99.0 cm³/mol. The topological polar surface area (TPSA) is 70.1 Å². The van der Waals surface area contributed by atoms with Crippen molar-refractivity contribution in [1.29, 1.82) is 0 Å². The van der Waals surface area contributed by atoms with Gasteiger partial charge in [-0.25, -0.2) is 10.4 Å². The van der Waals surface area contributed by atoms with E-state index in [1.54, 1.807) is 18.2 Å². The van der Waals surface area contributed by atoms with Gasteiger partial charge in [-0.05, 0) is 18.2 Å². The second-order valence-electron chi connectivity index (χ2n) is 4.78. The number of amides is 1. The summed E-state index contributed by atoms with van der Waals surface area (Å²) in [4.78, 5) is 19.4. The summed E-state index contributed by atoms with van der Waals surface area (Å²) in [5.74, 6) is -0.0460. The van der Waals surface area contributed by atoms with Crippen LogP contribution >= 0.6 is 35.0 Å². The molecule has 0 fully saturated rings. The fraction of sp³-hybridized carbons (Fsp3) is 0.0625. The summed E-state index contributed by atoms with van der Waals surface area (Å²) in [6.07, 6.45) is 1.46. The Morgan fingerprint density at radius 3 is 2.92 bits per heavy atom. The van der Waals surface area contributed by atoms with Crippen molar-refractivity contribution in [3.05, 3.63) is 58.1 Å². The Balaban J connectivity index is 1.54. The van der Waals surface area contributed by atoms with E-state index in [1.165, 1.54) is 18.0 Å². The standard InChI is InChI=1S/C16H12Cl2N4OS/c17-11-5-3-4-10(15(11)18)8-19-22-14(23)9-24-16-20-12-6-1-2-7-13(12)21-16/h1-8H,9H2,(H,20,21)(H,22,23)/b19-8+. The Morgan fingerprint density at radius 2 is 2.08 bits per heavy atom. The van der Waals surface area contributed by atoms with Crippen LogP contribution in [0, 0.1) is 0 Å². The van der Waals surface area contributed by atoms with Crippen LogP contribution in [0.25, 0.3) is 11.0 Å². The van der Waals surface area contributed by atoms with Crippen molar-refractivity contribution in [3.8, 4) is 0 Å². The molecule has 2 aromatic carbocycles. The lowest BCUT2D eigenvalue weighted by Gasteiger charge is -2.00. The molecule has 3 rings (SSSR count). The fourth-order valence-electron chi connectivity index (χ4n) is 1.96. The minimum Gasteiger partial charge on any atom is -0.333 e. The number of benzene rings is 2. The molecule has 8 heteroatoms. The van der Waals surface area contributed by atoms with E-state index in [9.17, 15) is 4.79 Å². The number of imidazole rings is 1. The van der Waals surface area contributed by atoms with E-state index in [0.717, 1.165) is 11.0 Å². The van der Waals surface area contributed by atoms with Gasteiger partial charge in [-0.3, -0.25) is 4.79 Å². The first-order chi connectivity index (χ1) is 11.6. The zero-order valence-corrected chi connectivity index (χ0v) is 14.6. The molecule has 5 nitrogen and oxygen atoms in total. The van der Waals surface area contributed by atoms with E-state index in [0.29, 0.717) is 20.8 Å². The molecule has 0 aliphatic heterocycles. The van der Waals surface area contributed by atoms with Gasteiger partial charge in [0.05, 0.1) is 33.0 Å². The van der Waals surface area contributed by atoms with Crippen molar-refractivity contribution in [2.24, 2.45) is 5.10 Å². The Kier molecular flexibility index (Phi) is 5.40. The number of hydrogen-bond acceptors (Lipinski definition) is 4. The van der Waals surface area contributed by atoms with Crippen LogP contribution in [-0.4, -0.2) is 27.8 Å². The molecule has 1 heterocycles. The number of carbonyl (C=O) groups excluding carboxylic acids is 1. The number of halogens is 2. The molecule has 0 unspecified atom stereocenters. The van der Waals surface area contributed by atoms with Gasteiger partial charge in [-0.2, -0.15) is 5.10 Å². The van der Waals surface area contributed by atoms with Crippen LogP contribution in [0.1, 0.15) is 5.56 Å². The largest absolute Gasteiger partial charge is 0.333 e. The molecule has 3 aromatic rings. The molecule has 0 spiro atoms. The minimum absolute atomic E-state index is 0.195. The smallest absolute Gasteiger partial charge is 0.250 e. The third-order valence-corrected chi connectivity index (χ3v) is 4.79. The third-order valence-electron chi connectivity index (χ3n) is 3.08. The maximum atomic E-state index is 11.8. The van der Waals surface area contributed by atoms with E-state index < -0.39 is 0 Å². The molecular formula is C16H12Cl2N4OS. The quantitative estimate of drug-likeness (QED) is 0.398. The summed E-state index contributed by atoms with van der Waals surface area (Å²) >= 11 is 13.3. The Bertz CT molecular complexity index is 877. The van der Waals surface area contributed by atoms with Crippen LogP contribution < -0.4 is 5.43 Å². The van der Waals surface area contributed by atoms with Crippen molar-refractivity contribution in [2.75, 3.05) is 5.75 Å². The highest BCUT2D eigenvalue weighted by Crippen LogP contribution is 2.24. The highest BCUT2D eigenvalue weighted by molar-refractivity contribution is 7.99. The number of nitrogens with zero attached hydrogens (tertiary/aromatic N) is 2. The van der Waals surface area contributed by atoms with Crippen LogP contribution in [0.4, 0.5) is 0 Å². The molecule has 0 saturated carbocycles. The van der Waals surface area contributed by atoms with Crippen molar-refractivity contribution in [1.82, 2.24) is 15.4 Å². The molecule has 1 aromatic heterocycles. The fourth-order valence-corrected chi connectivity index (χ4v) is 2.99. The Morgan fingerprint density at radius 1 is 1.25 bits per heavy atom. The van der Waals surface area contributed by atoms with E-state index in [-0.39, 0.29) is 11.7 Å². The van der Waals surface area contributed by atoms with Crippen LogP contribution in [-0.2, 0) is 4.79 Å². The summed E-state index contributed by atoms with van der Waals surface area (Å²) in [6.45, 7) is 0. The van der Waals surface area contributed by atoms with Gasteiger partial charge in [0.15, 0.2) is 5.16 Å². The molecule has 0 radical (unpaired) electrons. The zero-order chi connectivity index (χ0) is 16.9. The first-order valence-electron chi connectivity index (χ1n) is 6.97. The average Bonchev–Trinajstić information content (AvgIpc) is 3.00. The van der Waals surface area contributed by atoms with Gasteiger partial charge in [0.25, 0.3) is 5.91 Å². The van der Waals surface area contributed by atoms with Crippen molar-refractivity contribution < 1.29 is 4.79 Å². The highest BCUT2D eigenvalue weighted by Gasteiger charge is 2.06. The Labute approximate surface area is 152 Å². The number of thioether (sulfide) groups is 1. The van der Waals surface area contributed by atoms with Gasteiger partial charge in [0.1, 0.15) is 0 Å². The van der Waals surface area contributed by atoms with Crippen LogP contribution in [0.3, 0.4) is 0 Å². The number of hydrazone groups is 1. The van der Waals surface area contributed by atoms with Crippen molar-refractivity contribution in [2.45, 2.75) is 5.16 Å². The van der Waals surface area contributed by atoms with E-state index in [2.05, 4.69) is 20.5 Å². The molecule has 2 N–H and O–H groups in total. The number of rotatable bonds is 5. The van der Waals surface area contributed by atoms with Crippen molar-refractivity contribution in [3.63, 3.8) is 0 Å². The zero-order valence-electron chi connectivity index (χ0n) is 12.3. The van der Waals surface area contributed by atoms with Crippen LogP contribution in [0.5, 0.6) is 0 Å². The van der Waals surface area contributed by atoms with Gasteiger partial charge in [0.2, 0.25) is 0 Å². The normalized spacial score (nSPS) is 11.2. The lowest BCUT2D eigenvalue weighted by molar-refractivity contribution is -0.118. The summed E-state index contributed by atoms with van der Waals surface area (Å²) in [5.41, 5.74) is 4.89. The number of hydrogen-bond donors (Lipinski definition) is 2. The van der Waals surface area contributed by atoms with Crippen LogP contribution in [0.15, 0.2) is 52.7 Å².